The van der Waals surface area contributed by atoms with Crippen LogP contribution in [0.1, 0.15) is 12.0 Å². The highest BCUT2D eigenvalue weighted by atomic mass is 32.2. The van der Waals surface area contributed by atoms with Crippen molar-refractivity contribution in [2.75, 3.05) is 30.5 Å². The molecular weight excluding hydrogens is 362 g/mol. The molecule has 2 saturated heterocycles. The molecule has 0 aromatic heterocycles. The van der Waals surface area contributed by atoms with E-state index in [2.05, 4.69) is 6.58 Å². The lowest BCUT2D eigenvalue weighted by Gasteiger charge is -2.26. The van der Waals surface area contributed by atoms with E-state index in [4.69, 9.17) is 0 Å². The number of quaternary nitrogens is 1. The summed E-state index contributed by atoms with van der Waals surface area (Å²) in [6.45, 7) is 4.16. The number of likely N-dealkylation sites (tertiary alicyclic amines) is 1. The zero-order valence-corrected chi connectivity index (χ0v) is 16.4. The Bertz CT molecular complexity index is 842. The van der Waals surface area contributed by atoms with E-state index in [0.29, 0.717) is 6.54 Å². The Hall–Kier alpha value is -2.12. The first-order valence-electron chi connectivity index (χ1n) is 9.17. The zero-order chi connectivity index (χ0) is 19.3. The number of thioether (sulfide) groups is 1. The van der Waals surface area contributed by atoms with Gasteiger partial charge in [0.2, 0.25) is 17.4 Å². The SMILES string of the molecule is C=CCN1C(=O)[C@@]2([NH2+][C@@H](CCSC)[C@H]3C(=O)N(C)C(=O)[C@H]32)c2ccccc21. The van der Waals surface area contributed by atoms with Crippen molar-refractivity contribution >= 4 is 35.2 Å². The number of hydrogen-bond acceptors (Lipinski definition) is 4. The third kappa shape index (κ3) is 2.28. The maximum absolute atomic E-state index is 13.7. The second-order valence-corrected chi connectivity index (χ2v) is 8.43. The number of para-hydroxylation sites is 1. The number of anilines is 1. The van der Waals surface area contributed by atoms with Gasteiger partial charge in [-0.25, -0.2) is 0 Å². The van der Waals surface area contributed by atoms with E-state index in [1.807, 2.05) is 35.8 Å². The molecule has 3 aliphatic heterocycles. The molecule has 2 fully saturated rings. The highest BCUT2D eigenvalue weighted by molar-refractivity contribution is 7.98. The van der Waals surface area contributed by atoms with Crippen molar-refractivity contribution in [3.63, 3.8) is 0 Å². The van der Waals surface area contributed by atoms with Gasteiger partial charge in [-0.15, -0.1) is 6.58 Å². The molecule has 3 aliphatic rings. The summed E-state index contributed by atoms with van der Waals surface area (Å²) in [7, 11) is 1.54. The van der Waals surface area contributed by atoms with Gasteiger partial charge in [-0.2, -0.15) is 11.8 Å². The van der Waals surface area contributed by atoms with Crippen LogP contribution in [0.3, 0.4) is 0 Å². The van der Waals surface area contributed by atoms with Crippen LogP contribution in [0.5, 0.6) is 0 Å². The van der Waals surface area contributed by atoms with Crippen molar-refractivity contribution in [2.45, 2.75) is 18.0 Å². The predicted molar refractivity (Wildman–Crippen MR) is 104 cm³/mol. The van der Waals surface area contributed by atoms with E-state index in [0.717, 1.165) is 23.4 Å². The van der Waals surface area contributed by atoms with Gasteiger partial charge in [-0.1, -0.05) is 24.3 Å². The first-order chi connectivity index (χ1) is 13.0. The Kier molecular flexibility index (Phi) is 4.39. The number of carbonyl (C=O) groups excluding carboxylic acids is 3. The Morgan fingerprint density at radius 1 is 1.26 bits per heavy atom. The average Bonchev–Trinajstić information content (AvgIpc) is 3.22. The minimum absolute atomic E-state index is 0.0791. The normalized spacial score (nSPS) is 31.8. The smallest absolute Gasteiger partial charge is 0.294 e. The third-order valence-electron chi connectivity index (χ3n) is 6.21. The third-order valence-corrected chi connectivity index (χ3v) is 6.85. The van der Waals surface area contributed by atoms with Crippen molar-refractivity contribution in [1.82, 2.24) is 4.90 Å². The molecule has 0 radical (unpaired) electrons. The molecule has 0 aliphatic carbocycles. The molecule has 4 atom stereocenters. The summed E-state index contributed by atoms with van der Waals surface area (Å²) in [6, 6.07) is 7.55. The molecule has 3 amide bonds. The first kappa shape index (κ1) is 18.3. The first-order valence-corrected chi connectivity index (χ1v) is 10.6. The monoisotopic (exact) mass is 386 g/mol. The van der Waals surface area contributed by atoms with E-state index >= 15 is 0 Å². The van der Waals surface area contributed by atoms with E-state index in [1.165, 1.54) is 11.9 Å². The number of carbonyl (C=O) groups is 3. The fourth-order valence-corrected chi connectivity index (χ4v) is 5.59. The van der Waals surface area contributed by atoms with Crippen LogP contribution in [0.2, 0.25) is 0 Å². The van der Waals surface area contributed by atoms with Crippen LogP contribution in [0, 0.1) is 11.8 Å². The van der Waals surface area contributed by atoms with Crippen molar-refractivity contribution in [3.05, 3.63) is 42.5 Å². The van der Waals surface area contributed by atoms with Crippen LogP contribution in [0.25, 0.3) is 0 Å². The summed E-state index contributed by atoms with van der Waals surface area (Å²) >= 11 is 1.71. The molecule has 1 aromatic rings. The second kappa shape index (κ2) is 6.49. The summed E-state index contributed by atoms with van der Waals surface area (Å²) in [5.74, 6) is -0.715. The van der Waals surface area contributed by atoms with E-state index < -0.39 is 17.4 Å². The van der Waals surface area contributed by atoms with Crippen LogP contribution in [0.15, 0.2) is 36.9 Å². The van der Waals surface area contributed by atoms with Gasteiger partial charge < -0.3 is 10.2 Å². The summed E-state index contributed by atoms with van der Waals surface area (Å²) in [6.07, 6.45) is 4.50. The molecular formula is C20H24N3O3S+. The van der Waals surface area contributed by atoms with Crippen LogP contribution in [-0.2, 0) is 19.9 Å². The number of nitrogens with two attached hydrogens (primary N) is 1. The number of nitrogens with zero attached hydrogens (tertiary/aromatic N) is 2. The molecule has 27 heavy (non-hydrogen) atoms. The second-order valence-electron chi connectivity index (χ2n) is 7.44. The minimum Gasteiger partial charge on any atom is -0.326 e. The lowest BCUT2D eigenvalue weighted by molar-refractivity contribution is -0.733. The molecule has 0 unspecified atom stereocenters. The number of amides is 3. The molecule has 3 heterocycles. The average molecular weight is 386 g/mol. The fourth-order valence-electron chi connectivity index (χ4n) is 5.09. The van der Waals surface area contributed by atoms with Crippen LogP contribution in [0.4, 0.5) is 5.69 Å². The highest BCUT2D eigenvalue weighted by Gasteiger charge is 2.74. The molecule has 2 N–H and O–H groups in total. The molecule has 1 aromatic carbocycles. The maximum atomic E-state index is 13.7. The lowest BCUT2D eigenvalue weighted by atomic mass is 9.76. The standard InChI is InChI=1S/C20H23N3O3S/c1-4-10-23-14-8-6-5-7-12(14)20(19(23)26)16-15(13(21-20)9-11-27-3)17(24)22(2)18(16)25/h4-8,13,15-16,21H,1,9-11H2,2-3H3/p+1/t13-,15+,16-,20+/m0/s1. The van der Waals surface area contributed by atoms with E-state index in [1.54, 1.807) is 22.7 Å². The van der Waals surface area contributed by atoms with Crippen molar-refractivity contribution in [1.29, 1.82) is 0 Å². The van der Waals surface area contributed by atoms with Gasteiger partial charge in [0.05, 0.1) is 5.69 Å². The van der Waals surface area contributed by atoms with Gasteiger partial charge in [0.25, 0.3) is 5.91 Å². The molecule has 0 saturated carbocycles. The topological polar surface area (TPSA) is 74.3 Å². The van der Waals surface area contributed by atoms with E-state index in [9.17, 15) is 14.4 Å². The Morgan fingerprint density at radius 2 is 2.00 bits per heavy atom. The van der Waals surface area contributed by atoms with Crippen LogP contribution in [-0.4, -0.2) is 54.3 Å². The molecule has 4 rings (SSSR count). The van der Waals surface area contributed by atoms with Crippen molar-refractivity contribution in [3.8, 4) is 0 Å². The van der Waals surface area contributed by atoms with E-state index in [-0.39, 0.29) is 23.8 Å². The van der Waals surface area contributed by atoms with Crippen molar-refractivity contribution < 1.29 is 19.7 Å². The van der Waals surface area contributed by atoms with Gasteiger partial charge in [0, 0.05) is 25.6 Å². The van der Waals surface area contributed by atoms with Gasteiger partial charge in [0.15, 0.2) is 0 Å². The van der Waals surface area contributed by atoms with Crippen LogP contribution >= 0.6 is 11.8 Å². The van der Waals surface area contributed by atoms with Gasteiger partial charge in [-0.05, 0) is 18.1 Å². The van der Waals surface area contributed by atoms with Crippen LogP contribution < -0.4 is 10.2 Å². The minimum atomic E-state index is -1.05. The summed E-state index contributed by atoms with van der Waals surface area (Å²) in [4.78, 5) is 42.5. The lowest BCUT2D eigenvalue weighted by Crippen LogP contribution is -2.99. The molecule has 6 nitrogen and oxygen atoms in total. The zero-order valence-electron chi connectivity index (χ0n) is 15.6. The molecule has 142 valence electrons. The molecule has 1 spiro atoms. The quantitative estimate of drug-likeness (QED) is 0.585. The highest BCUT2D eigenvalue weighted by Crippen LogP contribution is 2.51. The molecule has 0 bridgehead atoms. The van der Waals surface area contributed by atoms with Gasteiger partial charge in [0.1, 0.15) is 17.9 Å². The Morgan fingerprint density at radius 3 is 2.70 bits per heavy atom. The number of fused-ring (bicyclic) bond motifs is 4. The van der Waals surface area contributed by atoms with Gasteiger partial charge in [-0.3, -0.25) is 19.3 Å². The summed E-state index contributed by atoms with van der Waals surface area (Å²) in [5, 5.41) is 2.02. The fraction of sp³-hybridized carbons (Fsp3) is 0.450. The summed E-state index contributed by atoms with van der Waals surface area (Å²) in [5.41, 5.74) is 0.609. The largest absolute Gasteiger partial charge is 0.326 e. The van der Waals surface area contributed by atoms with Crippen molar-refractivity contribution in [2.24, 2.45) is 11.8 Å². The molecule has 7 heteroatoms. The number of rotatable bonds is 5. The number of hydrogen-bond donors (Lipinski definition) is 1. The summed E-state index contributed by atoms with van der Waals surface area (Å²) < 4.78 is 0. The number of benzene rings is 1. The Labute approximate surface area is 163 Å². The Balaban J connectivity index is 1.88. The maximum Gasteiger partial charge on any atom is 0.294 e. The number of imide groups is 1. The predicted octanol–water partition coefficient (Wildman–Crippen LogP) is 0.344. The van der Waals surface area contributed by atoms with Gasteiger partial charge >= 0.3 is 0 Å².